The Morgan fingerprint density at radius 1 is 1.20 bits per heavy atom. The monoisotopic (exact) mass is 337 g/mol. The summed E-state index contributed by atoms with van der Waals surface area (Å²) in [6.45, 7) is 0.989. The van der Waals surface area contributed by atoms with E-state index in [-0.39, 0.29) is 24.8 Å². The molecule has 1 aliphatic rings. The van der Waals surface area contributed by atoms with Crippen LogP contribution in [0.15, 0.2) is 48.8 Å². The van der Waals surface area contributed by atoms with Crippen molar-refractivity contribution in [2.45, 2.75) is 12.8 Å². The molecule has 0 saturated carbocycles. The third-order valence-electron chi connectivity index (χ3n) is 3.76. The van der Waals surface area contributed by atoms with Gasteiger partial charge in [0.05, 0.1) is 6.61 Å². The summed E-state index contributed by atoms with van der Waals surface area (Å²) < 4.78 is 5.45. The molecule has 6 heteroatoms. The number of carbonyl (C=O) groups excluding carboxylic acids is 2. The van der Waals surface area contributed by atoms with Crippen LogP contribution in [-0.2, 0) is 16.0 Å². The van der Waals surface area contributed by atoms with Crippen LogP contribution >= 0.6 is 0 Å². The molecule has 1 aliphatic heterocycles. The lowest BCUT2D eigenvalue weighted by Gasteiger charge is -2.05. The van der Waals surface area contributed by atoms with E-state index in [0.29, 0.717) is 12.3 Å². The minimum absolute atomic E-state index is 0.158. The van der Waals surface area contributed by atoms with Gasteiger partial charge in [0, 0.05) is 43.5 Å². The molecule has 0 fully saturated rings. The largest absolute Gasteiger partial charge is 0.493 e. The first-order chi connectivity index (χ1) is 12.2. The summed E-state index contributed by atoms with van der Waals surface area (Å²) in [7, 11) is 0. The molecule has 2 aromatic rings. The van der Waals surface area contributed by atoms with Gasteiger partial charge in [0.2, 0.25) is 11.8 Å². The van der Waals surface area contributed by atoms with Crippen LogP contribution in [0.4, 0.5) is 5.69 Å². The molecule has 1 aromatic carbocycles. The molecule has 3 rings (SSSR count). The number of pyridine rings is 1. The lowest BCUT2D eigenvalue weighted by molar-refractivity contribution is -0.117. The summed E-state index contributed by atoms with van der Waals surface area (Å²) in [5.74, 6) is 0.532. The molecule has 0 aliphatic carbocycles. The normalized spacial score (nSPS) is 12.5. The fourth-order valence-corrected chi connectivity index (χ4v) is 2.50. The average molecular weight is 337 g/mol. The number of hydrogen-bond acceptors (Lipinski definition) is 4. The highest BCUT2D eigenvalue weighted by Crippen LogP contribution is 2.26. The van der Waals surface area contributed by atoms with E-state index in [1.165, 1.54) is 6.08 Å². The molecule has 1 aromatic heterocycles. The Hall–Kier alpha value is -3.15. The number of anilines is 1. The highest BCUT2D eigenvalue weighted by molar-refractivity contribution is 5.93. The predicted molar refractivity (Wildman–Crippen MR) is 95.2 cm³/mol. The zero-order valence-corrected chi connectivity index (χ0v) is 13.7. The smallest absolute Gasteiger partial charge is 0.244 e. The van der Waals surface area contributed by atoms with Crippen molar-refractivity contribution in [1.82, 2.24) is 10.3 Å². The van der Waals surface area contributed by atoms with Crippen molar-refractivity contribution in [2.24, 2.45) is 0 Å². The van der Waals surface area contributed by atoms with Crippen molar-refractivity contribution in [3.63, 3.8) is 0 Å². The SMILES string of the molecule is O=C(C=Cc1ccc2c(c1)CCO2)NCCC(=O)Nc1ccncc1. The second kappa shape index (κ2) is 8.10. The maximum Gasteiger partial charge on any atom is 0.244 e. The molecule has 0 unspecified atom stereocenters. The van der Waals surface area contributed by atoms with Crippen LogP contribution < -0.4 is 15.4 Å². The number of rotatable bonds is 6. The van der Waals surface area contributed by atoms with Gasteiger partial charge in [-0.3, -0.25) is 14.6 Å². The number of hydrogen-bond donors (Lipinski definition) is 2. The number of nitrogens with one attached hydrogen (secondary N) is 2. The molecule has 6 nitrogen and oxygen atoms in total. The van der Waals surface area contributed by atoms with Crippen LogP contribution in [0.25, 0.3) is 6.08 Å². The van der Waals surface area contributed by atoms with E-state index in [1.54, 1.807) is 30.6 Å². The Morgan fingerprint density at radius 2 is 2.04 bits per heavy atom. The maximum atomic E-state index is 11.8. The number of fused-ring (bicyclic) bond motifs is 1. The fourth-order valence-electron chi connectivity index (χ4n) is 2.50. The summed E-state index contributed by atoms with van der Waals surface area (Å²) in [4.78, 5) is 27.5. The van der Waals surface area contributed by atoms with E-state index in [4.69, 9.17) is 4.74 Å². The summed E-state index contributed by atoms with van der Waals surface area (Å²) in [6.07, 6.45) is 7.54. The van der Waals surface area contributed by atoms with E-state index in [1.807, 2.05) is 18.2 Å². The van der Waals surface area contributed by atoms with Gasteiger partial charge in [-0.1, -0.05) is 6.07 Å². The Labute approximate surface area is 145 Å². The van der Waals surface area contributed by atoms with Crippen LogP contribution in [0.1, 0.15) is 17.5 Å². The van der Waals surface area contributed by atoms with Crippen LogP contribution in [0.2, 0.25) is 0 Å². The number of benzene rings is 1. The molecule has 0 bridgehead atoms. The summed E-state index contributed by atoms with van der Waals surface area (Å²) in [5, 5.41) is 5.44. The van der Waals surface area contributed by atoms with Crippen LogP contribution in [-0.4, -0.2) is 29.9 Å². The topological polar surface area (TPSA) is 80.3 Å². The zero-order chi connectivity index (χ0) is 17.5. The minimum Gasteiger partial charge on any atom is -0.493 e. The molecule has 0 radical (unpaired) electrons. The molecular formula is C19H19N3O3. The molecule has 128 valence electrons. The second-order valence-electron chi connectivity index (χ2n) is 5.62. The highest BCUT2D eigenvalue weighted by atomic mass is 16.5. The first kappa shape index (κ1) is 16.7. The number of amides is 2. The van der Waals surface area contributed by atoms with Gasteiger partial charge >= 0.3 is 0 Å². The standard InChI is InChI=1S/C19H19N3O3/c23-18(4-2-14-1-3-17-15(13-14)8-12-25-17)21-11-7-19(24)22-16-5-9-20-10-6-16/h1-6,9-10,13H,7-8,11-12H2,(H,21,23)(H,20,22,24). The van der Waals surface area contributed by atoms with Crippen molar-refractivity contribution in [1.29, 1.82) is 0 Å². The van der Waals surface area contributed by atoms with E-state index in [0.717, 1.165) is 23.3 Å². The third kappa shape index (κ3) is 4.91. The van der Waals surface area contributed by atoms with Gasteiger partial charge in [0.15, 0.2) is 0 Å². The molecule has 2 amide bonds. The van der Waals surface area contributed by atoms with Crippen molar-refractivity contribution in [3.8, 4) is 5.75 Å². The number of ether oxygens (including phenoxy) is 1. The summed E-state index contributed by atoms with van der Waals surface area (Å²) >= 11 is 0. The molecule has 0 spiro atoms. The highest BCUT2D eigenvalue weighted by Gasteiger charge is 2.11. The fraction of sp³-hybridized carbons (Fsp3) is 0.211. The quantitative estimate of drug-likeness (QED) is 0.792. The number of carbonyl (C=O) groups is 2. The van der Waals surface area contributed by atoms with Crippen molar-refractivity contribution < 1.29 is 14.3 Å². The lowest BCUT2D eigenvalue weighted by atomic mass is 10.1. The Balaban J connectivity index is 1.41. The van der Waals surface area contributed by atoms with Gasteiger partial charge in [-0.2, -0.15) is 0 Å². The Morgan fingerprint density at radius 3 is 2.88 bits per heavy atom. The molecule has 0 saturated heterocycles. The first-order valence-electron chi connectivity index (χ1n) is 8.12. The number of nitrogens with zero attached hydrogens (tertiary/aromatic N) is 1. The van der Waals surface area contributed by atoms with Gasteiger partial charge in [-0.15, -0.1) is 0 Å². The van der Waals surface area contributed by atoms with Crippen molar-refractivity contribution in [3.05, 3.63) is 59.9 Å². The first-order valence-corrected chi connectivity index (χ1v) is 8.12. The van der Waals surface area contributed by atoms with Gasteiger partial charge in [-0.05, 0) is 41.5 Å². The van der Waals surface area contributed by atoms with Crippen molar-refractivity contribution >= 4 is 23.6 Å². The van der Waals surface area contributed by atoms with Gasteiger partial charge in [0.1, 0.15) is 5.75 Å². The summed E-state index contributed by atoms with van der Waals surface area (Å²) in [5.41, 5.74) is 2.80. The second-order valence-corrected chi connectivity index (χ2v) is 5.62. The molecule has 2 heterocycles. The van der Waals surface area contributed by atoms with Crippen LogP contribution in [0.3, 0.4) is 0 Å². The Kier molecular flexibility index (Phi) is 5.41. The summed E-state index contributed by atoms with van der Waals surface area (Å²) in [6, 6.07) is 9.27. The lowest BCUT2D eigenvalue weighted by Crippen LogP contribution is -2.26. The van der Waals surface area contributed by atoms with Gasteiger partial charge in [0.25, 0.3) is 0 Å². The molecule has 2 N–H and O–H groups in total. The number of aromatic nitrogens is 1. The average Bonchev–Trinajstić information content (AvgIpc) is 3.08. The van der Waals surface area contributed by atoms with Gasteiger partial charge < -0.3 is 15.4 Å². The van der Waals surface area contributed by atoms with Gasteiger partial charge in [-0.25, -0.2) is 0 Å². The predicted octanol–water partition coefficient (Wildman–Crippen LogP) is 2.17. The molecular weight excluding hydrogens is 318 g/mol. The van der Waals surface area contributed by atoms with E-state index in [9.17, 15) is 9.59 Å². The van der Waals surface area contributed by atoms with E-state index in [2.05, 4.69) is 15.6 Å². The maximum absolute atomic E-state index is 11.8. The van der Waals surface area contributed by atoms with Crippen molar-refractivity contribution in [2.75, 3.05) is 18.5 Å². The van der Waals surface area contributed by atoms with E-state index < -0.39 is 0 Å². The van der Waals surface area contributed by atoms with Crippen LogP contribution in [0.5, 0.6) is 5.75 Å². The zero-order valence-electron chi connectivity index (χ0n) is 13.7. The van der Waals surface area contributed by atoms with E-state index >= 15 is 0 Å². The minimum atomic E-state index is -0.228. The third-order valence-corrected chi connectivity index (χ3v) is 3.76. The Bertz CT molecular complexity index is 788. The van der Waals surface area contributed by atoms with Crippen LogP contribution in [0, 0.1) is 0 Å². The molecule has 0 atom stereocenters. The molecule has 25 heavy (non-hydrogen) atoms.